The molecule has 1 aromatic heterocycles. The topological polar surface area (TPSA) is 53.5 Å². The van der Waals surface area contributed by atoms with Gasteiger partial charge in [-0.1, -0.05) is 18.2 Å². The lowest BCUT2D eigenvalue weighted by Gasteiger charge is -2.40. The highest BCUT2D eigenvalue weighted by atomic mass is 16.2. The number of likely N-dealkylation sites (tertiary alicyclic amines) is 1. The molecule has 2 aromatic rings. The van der Waals surface area contributed by atoms with Crippen molar-refractivity contribution in [3.8, 4) is 0 Å². The predicted octanol–water partition coefficient (Wildman–Crippen LogP) is 2.38. The summed E-state index contributed by atoms with van der Waals surface area (Å²) >= 11 is 0. The fourth-order valence-electron chi connectivity index (χ4n) is 3.85. The van der Waals surface area contributed by atoms with Crippen LogP contribution in [0.25, 0.3) is 0 Å². The maximum atomic E-state index is 12.8. The van der Waals surface area contributed by atoms with E-state index in [-0.39, 0.29) is 17.9 Å². The zero-order valence-corrected chi connectivity index (χ0v) is 14.1. The molecule has 0 radical (unpaired) electrons. The maximum absolute atomic E-state index is 12.8. The van der Waals surface area contributed by atoms with Crippen molar-refractivity contribution in [2.45, 2.75) is 25.3 Å². The van der Waals surface area contributed by atoms with Crippen LogP contribution in [0.2, 0.25) is 0 Å². The van der Waals surface area contributed by atoms with Gasteiger partial charge in [0.1, 0.15) is 0 Å². The van der Waals surface area contributed by atoms with Gasteiger partial charge in [0, 0.05) is 49.2 Å². The molecule has 2 aliphatic heterocycles. The minimum atomic E-state index is 0.0520. The van der Waals surface area contributed by atoms with Gasteiger partial charge in [0.25, 0.3) is 11.8 Å². The van der Waals surface area contributed by atoms with Crippen molar-refractivity contribution in [1.82, 2.24) is 14.8 Å². The van der Waals surface area contributed by atoms with Crippen LogP contribution < -0.4 is 0 Å². The Morgan fingerprint density at radius 1 is 1.00 bits per heavy atom. The van der Waals surface area contributed by atoms with Crippen molar-refractivity contribution >= 4 is 11.8 Å². The van der Waals surface area contributed by atoms with Gasteiger partial charge in [0.2, 0.25) is 0 Å². The van der Waals surface area contributed by atoms with E-state index >= 15 is 0 Å². The van der Waals surface area contributed by atoms with Gasteiger partial charge in [-0.15, -0.1) is 0 Å². The van der Waals surface area contributed by atoms with Gasteiger partial charge in [-0.3, -0.25) is 14.6 Å². The number of carbonyl (C=O) groups excluding carboxylic acids is 2. The molecule has 2 aliphatic rings. The molecule has 1 saturated heterocycles. The smallest absolute Gasteiger partial charge is 0.254 e. The molecule has 0 unspecified atom stereocenters. The number of hydrogen-bond acceptors (Lipinski definition) is 3. The highest BCUT2D eigenvalue weighted by molar-refractivity contribution is 5.97. The van der Waals surface area contributed by atoms with E-state index in [4.69, 9.17) is 0 Å². The fraction of sp³-hybridized carbons (Fsp3) is 0.350. The molecular weight excluding hydrogens is 314 g/mol. The number of piperidine rings is 1. The average Bonchev–Trinajstić information content (AvgIpc) is 2.69. The zero-order valence-electron chi connectivity index (χ0n) is 14.1. The molecule has 5 nitrogen and oxygen atoms in total. The first-order chi connectivity index (χ1) is 12.2. The second-order valence-corrected chi connectivity index (χ2v) is 6.66. The summed E-state index contributed by atoms with van der Waals surface area (Å²) in [5.74, 6) is 0.192. The third-order valence-electron chi connectivity index (χ3n) is 5.25. The SMILES string of the molecule is O=C(c1ccncc1)N1CCC(N2CCc3ccccc3C2=O)CC1. The minimum Gasteiger partial charge on any atom is -0.338 e. The van der Waals surface area contributed by atoms with Gasteiger partial charge in [0.05, 0.1) is 0 Å². The highest BCUT2D eigenvalue weighted by Gasteiger charge is 2.33. The lowest BCUT2D eigenvalue weighted by molar-refractivity contribution is 0.0505. The molecule has 4 rings (SSSR count). The Bertz CT molecular complexity index is 783. The Balaban J connectivity index is 1.41. The van der Waals surface area contributed by atoms with Crippen molar-refractivity contribution < 1.29 is 9.59 Å². The molecule has 0 aliphatic carbocycles. The number of aromatic nitrogens is 1. The molecule has 1 aromatic carbocycles. The molecule has 1 fully saturated rings. The summed E-state index contributed by atoms with van der Waals surface area (Å²) in [7, 11) is 0. The average molecular weight is 335 g/mol. The number of nitrogens with zero attached hydrogens (tertiary/aromatic N) is 3. The lowest BCUT2D eigenvalue weighted by atomic mass is 9.94. The number of fused-ring (bicyclic) bond motifs is 1. The van der Waals surface area contributed by atoms with Gasteiger partial charge >= 0.3 is 0 Å². The summed E-state index contributed by atoms with van der Waals surface area (Å²) in [5, 5.41) is 0. The van der Waals surface area contributed by atoms with Crippen molar-refractivity contribution in [3.63, 3.8) is 0 Å². The monoisotopic (exact) mass is 335 g/mol. The van der Waals surface area contributed by atoms with Crippen molar-refractivity contribution in [2.24, 2.45) is 0 Å². The predicted molar refractivity (Wildman–Crippen MR) is 94.3 cm³/mol. The first-order valence-electron chi connectivity index (χ1n) is 8.82. The normalized spacial score (nSPS) is 18.2. The van der Waals surface area contributed by atoms with Crippen LogP contribution in [-0.2, 0) is 6.42 Å². The first-order valence-corrected chi connectivity index (χ1v) is 8.82. The maximum Gasteiger partial charge on any atom is 0.254 e. The quantitative estimate of drug-likeness (QED) is 0.847. The van der Waals surface area contributed by atoms with E-state index in [1.54, 1.807) is 24.5 Å². The minimum absolute atomic E-state index is 0.0520. The number of rotatable bonds is 2. The summed E-state index contributed by atoms with van der Waals surface area (Å²) < 4.78 is 0. The number of hydrogen-bond donors (Lipinski definition) is 0. The van der Waals surface area contributed by atoms with E-state index in [0.717, 1.165) is 36.9 Å². The van der Waals surface area contributed by atoms with E-state index in [0.29, 0.717) is 18.7 Å². The largest absolute Gasteiger partial charge is 0.338 e. The molecule has 0 N–H and O–H groups in total. The van der Waals surface area contributed by atoms with Crippen LogP contribution in [0.15, 0.2) is 48.8 Å². The van der Waals surface area contributed by atoms with Crippen LogP contribution in [0.1, 0.15) is 39.1 Å². The van der Waals surface area contributed by atoms with E-state index < -0.39 is 0 Å². The van der Waals surface area contributed by atoms with Gasteiger partial charge < -0.3 is 9.80 Å². The number of amides is 2. The Kier molecular flexibility index (Phi) is 4.22. The molecular formula is C20H21N3O2. The van der Waals surface area contributed by atoms with Gasteiger partial charge in [0.15, 0.2) is 0 Å². The Morgan fingerprint density at radius 3 is 2.48 bits per heavy atom. The van der Waals surface area contributed by atoms with E-state index in [1.165, 1.54) is 0 Å². The highest BCUT2D eigenvalue weighted by Crippen LogP contribution is 2.25. The van der Waals surface area contributed by atoms with Gasteiger partial charge in [-0.2, -0.15) is 0 Å². The van der Waals surface area contributed by atoms with Crippen LogP contribution in [-0.4, -0.2) is 52.3 Å². The summed E-state index contributed by atoms with van der Waals surface area (Å²) in [5.41, 5.74) is 2.66. The van der Waals surface area contributed by atoms with Crippen LogP contribution in [0.5, 0.6) is 0 Å². The second kappa shape index (κ2) is 6.67. The molecule has 0 bridgehead atoms. The van der Waals surface area contributed by atoms with Crippen molar-refractivity contribution in [1.29, 1.82) is 0 Å². The number of carbonyl (C=O) groups is 2. The summed E-state index contributed by atoms with van der Waals surface area (Å²) in [6, 6.07) is 11.6. The third kappa shape index (κ3) is 3.02. The molecule has 0 spiro atoms. The van der Waals surface area contributed by atoms with E-state index in [2.05, 4.69) is 4.98 Å². The zero-order chi connectivity index (χ0) is 17.2. The summed E-state index contributed by atoms with van der Waals surface area (Å²) in [4.78, 5) is 33.2. The van der Waals surface area contributed by atoms with E-state index in [9.17, 15) is 9.59 Å². The van der Waals surface area contributed by atoms with Gasteiger partial charge in [-0.25, -0.2) is 0 Å². The first kappa shape index (κ1) is 15.8. The van der Waals surface area contributed by atoms with Gasteiger partial charge in [-0.05, 0) is 43.0 Å². The molecule has 0 atom stereocenters. The molecule has 5 heteroatoms. The second-order valence-electron chi connectivity index (χ2n) is 6.66. The van der Waals surface area contributed by atoms with Crippen LogP contribution in [0, 0.1) is 0 Å². The molecule has 25 heavy (non-hydrogen) atoms. The molecule has 2 amide bonds. The number of pyridine rings is 1. The van der Waals surface area contributed by atoms with Crippen LogP contribution in [0.3, 0.4) is 0 Å². The van der Waals surface area contributed by atoms with Crippen molar-refractivity contribution in [2.75, 3.05) is 19.6 Å². The molecule has 3 heterocycles. The Morgan fingerprint density at radius 2 is 1.72 bits per heavy atom. The molecule has 0 saturated carbocycles. The van der Waals surface area contributed by atoms with Crippen LogP contribution >= 0.6 is 0 Å². The van der Waals surface area contributed by atoms with Crippen molar-refractivity contribution in [3.05, 3.63) is 65.5 Å². The van der Waals surface area contributed by atoms with Crippen LogP contribution in [0.4, 0.5) is 0 Å². The summed E-state index contributed by atoms with van der Waals surface area (Å²) in [6.45, 7) is 2.16. The lowest BCUT2D eigenvalue weighted by Crippen LogP contribution is -2.50. The third-order valence-corrected chi connectivity index (χ3v) is 5.25. The van der Waals surface area contributed by atoms with E-state index in [1.807, 2.05) is 34.1 Å². The Labute approximate surface area is 147 Å². The summed E-state index contributed by atoms with van der Waals surface area (Å²) in [6.07, 6.45) is 5.88. The Hall–Kier alpha value is -2.69. The fourth-order valence-corrected chi connectivity index (χ4v) is 3.85. The number of benzene rings is 1. The standard InChI is InChI=1S/C20H21N3O2/c24-19(16-5-10-21-11-6-16)22-12-8-17(9-13-22)23-14-7-15-3-1-2-4-18(15)20(23)25/h1-6,10-11,17H,7-9,12-14H2. The molecule has 128 valence electrons.